The van der Waals surface area contributed by atoms with Crippen molar-refractivity contribution in [3.8, 4) is 0 Å². The molecule has 0 spiro atoms. The van der Waals surface area contributed by atoms with Crippen LogP contribution in [-0.2, 0) is 30.8 Å². The van der Waals surface area contributed by atoms with E-state index in [9.17, 15) is 27.9 Å². The summed E-state index contributed by atoms with van der Waals surface area (Å²) >= 11 is 5.91. The Morgan fingerprint density at radius 2 is 1.90 bits per heavy atom. The van der Waals surface area contributed by atoms with Gasteiger partial charge in [0, 0.05) is 6.04 Å². The minimum atomic E-state index is -4.10. The average molecular weight is 459 g/mol. The number of rotatable bonds is 6. The van der Waals surface area contributed by atoms with Crippen LogP contribution in [0.2, 0.25) is 0 Å². The average Bonchev–Trinajstić information content (AvgIpc) is 2.79. The highest BCUT2D eigenvalue weighted by Gasteiger charge is 2.80. The molecule has 30 heavy (non-hydrogen) atoms. The van der Waals surface area contributed by atoms with Crippen molar-refractivity contribution >= 4 is 39.4 Å². The van der Waals surface area contributed by atoms with Crippen molar-refractivity contribution in [2.45, 2.75) is 49.1 Å². The number of nitrogens with one attached hydrogen (secondary N) is 1. The molecule has 1 aromatic rings. The second kappa shape index (κ2) is 7.42. The van der Waals surface area contributed by atoms with Crippen LogP contribution in [0.3, 0.4) is 0 Å². The third kappa shape index (κ3) is 2.88. The normalized spacial score (nSPS) is 29.5. The maximum atomic E-state index is 13.2. The number of halogens is 1. The van der Waals surface area contributed by atoms with Crippen LogP contribution >= 0.6 is 11.6 Å². The van der Waals surface area contributed by atoms with Crippen molar-refractivity contribution < 1.29 is 32.6 Å². The first kappa shape index (κ1) is 22.4. The standard InChI is InChI=1S/C19H23ClN2O7S/c1-11(21-17(26)29-9-12-7-5-4-6-8-12)13-14(23)22-15(13)30(27,28)18(2,3)19(22,10-20)16(24)25/h4-8,11,13,15H,9-10H2,1-3H3,(H,21,26)(H,24,25)/t11?,13-,15-,19+/m1/s1. The third-order valence-electron chi connectivity index (χ3n) is 6.16. The van der Waals surface area contributed by atoms with Crippen molar-refractivity contribution in [1.82, 2.24) is 10.2 Å². The van der Waals surface area contributed by atoms with Gasteiger partial charge < -0.3 is 20.1 Å². The smallest absolute Gasteiger partial charge is 0.407 e. The summed E-state index contributed by atoms with van der Waals surface area (Å²) in [6.07, 6.45) is -0.811. The number of fused-ring (bicyclic) bond motifs is 1. The van der Waals surface area contributed by atoms with Crippen LogP contribution in [0, 0.1) is 5.92 Å². The minimum Gasteiger partial charge on any atom is -0.479 e. The Kier molecular flexibility index (Phi) is 5.53. The zero-order valence-corrected chi connectivity index (χ0v) is 18.2. The van der Waals surface area contributed by atoms with E-state index in [0.29, 0.717) is 0 Å². The van der Waals surface area contributed by atoms with Crippen molar-refractivity contribution in [2.75, 3.05) is 5.88 Å². The first-order valence-corrected chi connectivity index (χ1v) is 11.3. The van der Waals surface area contributed by atoms with Crippen LogP contribution < -0.4 is 5.32 Å². The molecule has 9 nitrogen and oxygen atoms in total. The lowest BCUT2D eigenvalue weighted by molar-refractivity contribution is -0.173. The van der Waals surface area contributed by atoms with Gasteiger partial charge in [-0.25, -0.2) is 18.0 Å². The fourth-order valence-electron chi connectivity index (χ4n) is 4.20. The molecule has 2 amide bonds. The van der Waals surface area contributed by atoms with E-state index in [1.165, 1.54) is 20.8 Å². The highest BCUT2D eigenvalue weighted by molar-refractivity contribution is 7.94. The topological polar surface area (TPSA) is 130 Å². The number of carbonyl (C=O) groups excluding carboxylic acids is 2. The van der Waals surface area contributed by atoms with Gasteiger partial charge in [-0.3, -0.25) is 4.79 Å². The molecular weight excluding hydrogens is 436 g/mol. The predicted molar refractivity (Wildman–Crippen MR) is 107 cm³/mol. The summed E-state index contributed by atoms with van der Waals surface area (Å²) in [6.45, 7) is 4.00. The molecule has 2 fully saturated rings. The highest BCUT2D eigenvalue weighted by Crippen LogP contribution is 2.55. The van der Waals surface area contributed by atoms with Gasteiger partial charge in [0.15, 0.2) is 15.4 Å². The van der Waals surface area contributed by atoms with Crippen molar-refractivity contribution in [2.24, 2.45) is 5.92 Å². The van der Waals surface area contributed by atoms with Gasteiger partial charge in [0.1, 0.15) is 16.7 Å². The van der Waals surface area contributed by atoms with Gasteiger partial charge in [0.05, 0.1) is 11.8 Å². The second-order valence-corrected chi connectivity index (χ2v) is 10.8. The molecule has 1 aromatic carbocycles. The number of carboxylic acid groups (broad SMARTS) is 1. The summed E-state index contributed by atoms with van der Waals surface area (Å²) in [5.41, 5.74) is -1.32. The number of sulfone groups is 1. The second-order valence-electron chi connectivity index (χ2n) is 7.97. The van der Waals surface area contributed by atoms with Crippen LogP contribution in [0.15, 0.2) is 30.3 Å². The van der Waals surface area contributed by atoms with E-state index < -0.39 is 61.3 Å². The molecule has 0 bridgehead atoms. The van der Waals surface area contributed by atoms with Crippen molar-refractivity contribution in [3.05, 3.63) is 35.9 Å². The van der Waals surface area contributed by atoms with E-state index in [-0.39, 0.29) is 6.61 Å². The molecule has 164 valence electrons. The molecule has 0 saturated carbocycles. The Bertz CT molecular complexity index is 982. The van der Waals surface area contributed by atoms with Crippen LogP contribution in [0.25, 0.3) is 0 Å². The molecule has 2 aliphatic heterocycles. The maximum Gasteiger partial charge on any atom is 0.407 e. The molecule has 2 aliphatic rings. The van der Waals surface area contributed by atoms with Crippen LogP contribution in [-0.4, -0.2) is 64.0 Å². The molecule has 0 aliphatic carbocycles. The monoisotopic (exact) mass is 458 g/mol. The molecule has 2 saturated heterocycles. The minimum absolute atomic E-state index is 0.00721. The number of alkyl carbamates (subject to hydrolysis) is 1. The van der Waals surface area contributed by atoms with E-state index in [0.717, 1.165) is 10.5 Å². The Morgan fingerprint density at radius 3 is 2.43 bits per heavy atom. The van der Waals surface area contributed by atoms with Crippen LogP contribution in [0.5, 0.6) is 0 Å². The summed E-state index contributed by atoms with van der Waals surface area (Å²) in [6, 6.07) is 8.05. The number of hydrogen-bond acceptors (Lipinski definition) is 6. The van der Waals surface area contributed by atoms with E-state index in [1.54, 1.807) is 24.3 Å². The van der Waals surface area contributed by atoms with Gasteiger partial charge in [-0.15, -0.1) is 11.6 Å². The van der Waals surface area contributed by atoms with E-state index >= 15 is 0 Å². The lowest BCUT2D eigenvalue weighted by Crippen LogP contribution is -2.73. The van der Waals surface area contributed by atoms with E-state index in [4.69, 9.17) is 16.3 Å². The molecule has 2 N–H and O–H groups in total. The number of amides is 2. The fourth-order valence-corrected chi connectivity index (χ4v) is 7.48. The number of benzene rings is 1. The Hall–Kier alpha value is -2.33. The molecule has 3 rings (SSSR count). The number of β-lactam (4-membered cyclic amide) rings is 1. The number of alkyl halides is 1. The number of carboxylic acids is 1. The Balaban J connectivity index is 1.78. The Labute approximate surface area is 179 Å². The molecular formula is C19H23ClN2O7S. The summed E-state index contributed by atoms with van der Waals surface area (Å²) in [7, 11) is -4.10. The molecule has 0 radical (unpaired) electrons. The number of aliphatic carboxylic acids is 1. The van der Waals surface area contributed by atoms with Crippen LogP contribution in [0.4, 0.5) is 4.79 Å². The highest BCUT2D eigenvalue weighted by atomic mass is 35.5. The number of ether oxygens (including phenoxy) is 1. The SMILES string of the molecule is CC(NC(=O)OCc1ccccc1)[C@@H]1C(=O)N2[C@@H]1S(=O)(=O)C(C)(C)[C@]2(CCl)C(=O)O. The maximum absolute atomic E-state index is 13.2. The molecule has 1 unspecified atom stereocenters. The van der Waals surface area contributed by atoms with Crippen molar-refractivity contribution in [3.63, 3.8) is 0 Å². The van der Waals surface area contributed by atoms with Gasteiger partial charge in [-0.1, -0.05) is 30.3 Å². The molecule has 2 heterocycles. The zero-order chi connectivity index (χ0) is 22.5. The van der Waals surface area contributed by atoms with Gasteiger partial charge in [0.25, 0.3) is 0 Å². The van der Waals surface area contributed by atoms with Crippen molar-refractivity contribution in [1.29, 1.82) is 0 Å². The van der Waals surface area contributed by atoms with E-state index in [1.807, 2.05) is 6.07 Å². The van der Waals surface area contributed by atoms with Gasteiger partial charge in [-0.05, 0) is 26.3 Å². The first-order valence-electron chi connectivity index (χ1n) is 9.26. The quantitative estimate of drug-likeness (QED) is 0.486. The molecule has 11 heteroatoms. The summed E-state index contributed by atoms with van der Waals surface area (Å²) in [5.74, 6) is -3.89. The lowest BCUT2D eigenvalue weighted by Gasteiger charge is -2.49. The van der Waals surface area contributed by atoms with Crippen LogP contribution in [0.1, 0.15) is 26.3 Å². The van der Waals surface area contributed by atoms with Gasteiger partial charge in [-0.2, -0.15) is 0 Å². The molecule has 0 aromatic heterocycles. The largest absolute Gasteiger partial charge is 0.479 e. The number of carbonyl (C=O) groups is 3. The molecule has 4 atom stereocenters. The lowest BCUT2D eigenvalue weighted by atomic mass is 9.79. The zero-order valence-electron chi connectivity index (χ0n) is 16.7. The summed E-state index contributed by atoms with van der Waals surface area (Å²) in [4.78, 5) is 37.9. The Morgan fingerprint density at radius 1 is 1.30 bits per heavy atom. The fraction of sp³-hybridized carbons (Fsp3) is 0.526. The predicted octanol–water partition coefficient (Wildman–Crippen LogP) is 1.35. The number of nitrogens with zero attached hydrogens (tertiary/aromatic N) is 1. The third-order valence-corrected chi connectivity index (χ3v) is 9.45. The first-order chi connectivity index (χ1) is 13.9. The van der Waals surface area contributed by atoms with Gasteiger partial charge >= 0.3 is 12.1 Å². The summed E-state index contributed by atoms with van der Waals surface area (Å²) < 4.78 is 29.6. The summed E-state index contributed by atoms with van der Waals surface area (Å²) in [5, 5.41) is 10.9. The van der Waals surface area contributed by atoms with Gasteiger partial charge in [0.2, 0.25) is 5.91 Å². The van der Waals surface area contributed by atoms with E-state index in [2.05, 4.69) is 5.32 Å². The number of hydrogen-bond donors (Lipinski definition) is 2.